The Morgan fingerprint density at radius 1 is 1.07 bits per heavy atom. The minimum absolute atomic E-state index is 0.124. The van der Waals surface area contributed by atoms with Gasteiger partial charge in [0.25, 0.3) is 0 Å². The molecule has 0 aliphatic rings. The lowest BCUT2D eigenvalue weighted by Gasteiger charge is -2.15. The van der Waals surface area contributed by atoms with Crippen LogP contribution in [0.3, 0.4) is 0 Å². The van der Waals surface area contributed by atoms with Crippen LogP contribution in [-0.4, -0.2) is 23.9 Å². The third-order valence-corrected chi connectivity index (χ3v) is 5.29. The minimum atomic E-state index is -0.166. The number of ether oxygens (including phenoxy) is 2. The molecule has 0 atom stereocenters. The van der Waals surface area contributed by atoms with Gasteiger partial charge in [0, 0.05) is 11.9 Å². The summed E-state index contributed by atoms with van der Waals surface area (Å²) in [5, 5.41) is 10.1. The van der Waals surface area contributed by atoms with E-state index in [0.717, 1.165) is 34.4 Å². The maximum Gasteiger partial charge on any atom is 0.153 e. The second-order valence-corrected chi connectivity index (χ2v) is 7.54. The van der Waals surface area contributed by atoms with Gasteiger partial charge in [-0.05, 0) is 53.8 Å². The smallest absolute Gasteiger partial charge is 0.153 e. The zero-order valence-electron chi connectivity index (χ0n) is 16.5. The first-order valence-corrected chi connectivity index (χ1v) is 10.4. The van der Waals surface area contributed by atoms with E-state index < -0.39 is 0 Å². The van der Waals surface area contributed by atoms with E-state index >= 15 is 0 Å². The number of aldehydes is 1. The molecule has 0 aliphatic carbocycles. The van der Waals surface area contributed by atoms with Crippen LogP contribution in [0.1, 0.15) is 27.9 Å². The van der Waals surface area contributed by atoms with Crippen LogP contribution in [0, 0.1) is 6.92 Å². The summed E-state index contributed by atoms with van der Waals surface area (Å²) in [6.45, 7) is 2.88. The Hall–Kier alpha value is -2.69. The molecule has 0 fully saturated rings. The SMILES string of the molecule is Cc1c(COc2cc(O)c(C=O)cc2Cl)cccc1-c1cccc(OCCCCl)c1. The molecule has 6 heteroatoms. The summed E-state index contributed by atoms with van der Waals surface area (Å²) in [6, 6.07) is 16.7. The van der Waals surface area contributed by atoms with Crippen LogP contribution in [0.4, 0.5) is 0 Å². The first kappa shape index (κ1) is 22.0. The van der Waals surface area contributed by atoms with Crippen molar-refractivity contribution in [3.05, 3.63) is 76.3 Å². The van der Waals surface area contributed by atoms with Crippen LogP contribution in [0.2, 0.25) is 5.02 Å². The molecule has 0 heterocycles. The maximum atomic E-state index is 10.9. The van der Waals surface area contributed by atoms with Gasteiger partial charge in [-0.25, -0.2) is 0 Å². The highest BCUT2D eigenvalue weighted by atomic mass is 35.5. The second kappa shape index (κ2) is 10.4. The molecule has 156 valence electrons. The van der Waals surface area contributed by atoms with E-state index in [-0.39, 0.29) is 22.9 Å². The van der Waals surface area contributed by atoms with Crippen molar-refractivity contribution >= 4 is 29.5 Å². The average Bonchev–Trinajstić information content (AvgIpc) is 2.75. The van der Waals surface area contributed by atoms with E-state index in [4.69, 9.17) is 32.7 Å². The van der Waals surface area contributed by atoms with E-state index in [0.29, 0.717) is 24.5 Å². The Morgan fingerprint density at radius 2 is 1.87 bits per heavy atom. The predicted molar refractivity (Wildman–Crippen MR) is 120 cm³/mol. The molecule has 0 amide bonds. The van der Waals surface area contributed by atoms with Crippen molar-refractivity contribution in [2.24, 2.45) is 0 Å². The van der Waals surface area contributed by atoms with E-state index in [2.05, 4.69) is 0 Å². The Labute approximate surface area is 186 Å². The van der Waals surface area contributed by atoms with Gasteiger partial charge in [0.15, 0.2) is 6.29 Å². The summed E-state index contributed by atoms with van der Waals surface area (Å²) in [4.78, 5) is 10.9. The van der Waals surface area contributed by atoms with Crippen molar-refractivity contribution < 1.29 is 19.4 Å². The normalized spacial score (nSPS) is 10.6. The zero-order chi connectivity index (χ0) is 21.5. The molecule has 3 aromatic rings. The molecule has 0 unspecified atom stereocenters. The van der Waals surface area contributed by atoms with Crippen molar-refractivity contribution in [2.75, 3.05) is 12.5 Å². The molecule has 0 aliphatic heterocycles. The van der Waals surface area contributed by atoms with Crippen LogP contribution < -0.4 is 9.47 Å². The second-order valence-electron chi connectivity index (χ2n) is 6.76. The highest BCUT2D eigenvalue weighted by Gasteiger charge is 2.11. The molecule has 1 N–H and O–H groups in total. The molecular formula is C24H22Cl2O4. The summed E-state index contributed by atoms with van der Waals surface area (Å²) >= 11 is 11.9. The molecular weight excluding hydrogens is 423 g/mol. The molecule has 0 saturated carbocycles. The molecule has 0 spiro atoms. The quantitative estimate of drug-likeness (QED) is 0.235. The van der Waals surface area contributed by atoms with Crippen molar-refractivity contribution in [3.63, 3.8) is 0 Å². The van der Waals surface area contributed by atoms with Gasteiger partial charge >= 0.3 is 0 Å². The van der Waals surface area contributed by atoms with Crippen molar-refractivity contribution in [1.82, 2.24) is 0 Å². The highest BCUT2D eigenvalue weighted by molar-refractivity contribution is 6.32. The number of hydrogen-bond donors (Lipinski definition) is 1. The Balaban J connectivity index is 1.80. The van der Waals surface area contributed by atoms with Gasteiger partial charge in [-0.1, -0.05) is 41.9 Å². The number of hydrogen-bond acceptors (Lipinski definition) is 4. The summed E-state index contributed by atoms with van der Waals surface area (Å²) in [7, 11) is 0. The standard InChI is InChI=1S/C24H22Cl2O4/c1-16-18(15-30-24-13-23(28)19(14-27)12-22(24)26)6-3-8-21(16)17-5-2-7-20(11-17)29-10-4-9-25/h2-3,5-8,11-14,28H,4,9-10,15H2,1H3. The summed E-state index contributed by atoms with van der Waals surface area (Å²) in [5.74, 6) is 1.52. The molecule has 0 bridgehead atoms. The highest BCUT2D eigenvalue weighted by Crippen LogP contribution is 2.33. The fourth-order valence-electron chi connectivity index (χ4n) is 3.07. The number of phenols is 1. The Kier molecular flexibility index (Phi) is 7.61. The molecule has 0 radical (unpaired) electrons. The number of aromatic hydroxyl groups is 1. The van der Waals surface area contributed by atoms with Gasteiger partial charge in [0.1, 0.15) is 23.9 Å². The molecule has 3 aromatic carbocycles. The van der Waals surface area contributed by atoms with Crippen LogP contribution in [-0.2, 0) is 6.61 Å². The maximum absolute atomic E-state index is 10.9. The van der Waals surface area contributed by atoms with Gasteiger partial charge in [0.05, 0.1) is 17.2 Å². The Morgan fingerprint density at radius 3 is 2.63 bits per heavy atom. The number of halogens is 2. The first-order valence-electron chi connectivity index (χ1n) is 9.51. The number of alkyl halides is 1. The van der Waals surface area contributed by atoms with Crippen LogP contribution in [0.5, 0.6) is 17.2 Å². The summed E-state index contributed by atoms with van der Waals surface area (Å²) < 4.78 is 11.6. The van der Waals surface area contributed by atoms with E-state index in [1.54, 1.807) is 0 Å². The molecule has 3 rings (SSSR count). The van der Waals surface area contributed by atoms with Crippen molar-refractivity contribution in [3.8, 4) is 28.4 Å². The Bertz CT molecular complexity index is 1030. The molecule has 30 heavy (non-hydrogen) atoms. The van der Waals surface area contributed by atoms with Gasteiger partial charge < -0.3 is 14.6 Å². The van der Waals surface area contributed by atoms with Gasteiger partial charge in [-0.2, -0.15) is 0 Å². The molecule has 0 aromatic heterocycles. The van der Waals surface area contributed by atoms with Crippen LogP contribution in [0.15, 0.2) is 54.6 Å². The third-order valence-electron chi connectivity index (χ3n) is 4.73. The number of carbonyl (C=O) groups excluding carboxylic acids is 1. The van der Waals surface area contributed by atoms with Crippen LogP contribution in [0.25, 0.3) is 11.1 Å². The predicted octanol–water partition coefficient (Wildman–Crippen LogP) is 6.42. The number of carbonyl (C=O) groups is 1. The van der Waals surface area contributed by atoms with E-state index in [1.807, 2.05) is 49.4 Å². The molecule has 4 nitrogen and oxygen atoms in total. The number of benzene rings is 3. The largest absolute Gasteiger partial charge is 0.507 e. The third kappa shape index (κ3) is 5.26. The lowest BCUT2D eigenvalue weighted by molar-refractivity contribution is 0.112. The topological polar surface area (TPSA) is 55.8 Å². The van der Waals surface area contributed by atoms with Crippen LogP contribution >= 0.6 is 23.2 Å². The average molecular weight is 445 g/mol. The van der Waals surface area contributed by atoms with Crippen molar-refractivity contribution in [1.29, 1.82) is 0 Å². The van der Waals surface area contributed by atoms with E-state index in [9.17, 15) is 9.90 Å². The minimum Gasteiger partial charge on any atom is -0.507 e. The lowest BCUT2D eigenvalue weighted by Crippen LogP contribution is -2.01. The molecule has 0 saturated heterocycles. The first-order chi connectivity index (χ1) is 14.5. The van der Waals surface area contributed by atoms with Gasteiger partial charge in [0.2, 0.25) is 0 Å². The summed E-state index contributed by atoms with van der Waals surface area (Å²) in [5.41, 5.74) is 4.29. The fraction of sp³-hybridized carbons (Fsp3) is 0.208. The number of rotatable bonds is 9. The van der Waals surface area contributed by atoms with Gasteiger partial charge in [-0.3, -0.25) is 4.79 Å². The monoisotopic (exact) mass is 444 g/mol. The summed E-state index contributed by atoms with van der Waals surface area (Å²) in [6.07, 6.45) is 1.34. The zero-order valence-corrected chi connectivity index (χ0v) is 18.0. The van der Waals surface area contributed by atoms with E-state index in [1.165, 1.54) is 12.1 Å². The van der Waals surface area contributed by atoms with Gasteiger partial charge in [-0.15, -0.1) is 11.6 Å². The lowest BCUT2D eigenvalue weighted by atomic mass is 9.96. The van der Waals surface area contributed by atoms with Crippen molar-refractivity contribution in [2.45, 2.75) is 20.0 Å². The number of phenolic OH excluding ortho intramolecular Hbond substituents is 1. The fourth-order valence-corrected chi connectivity index (χ4v) is 3.40.